The van der Waals surface area contributed by atoms with E-state index in [0.29, 0.717) is 37.5 Å². The smallest absolute Gasteiger partial charge is 0.279 e. The van der Waals surface area contributed by atoms with Crippen molar-refractivity contribution in [3.63, 3.8) is 0 Å². The third-order valence-electron chi connectivity index (χ3n) is 4.28. The second-order valence-corrected chi connectivity index (χ2v) is 7.97. The molecule has 0 amide bonds. The molecule has 0 radical (unpaired) electrons. The van der Waals surface area contributed by atoms with Crippen molar-refractivity contribution >= 4 is 10.2 Å². The first-order valence-corrected chi connectivity index (χ1v) is 8.89. The highest BCUT2D eigenvalue weighted by Gasteiger charge is 2.28. The van der Waals surface area contributed by atoms with Crippen molar-refractivity contribution in [2.45, 2.75) is 45.6 Å². The van der Waals surface area contributed by atoms with Crippen molar-refractivity contribution in [3.8, 4) is 0 Å². The maximum Gasteiger partial charge on any atom is 0.279 e. The van der Waals surface area contributed by atoms with Crippen LogP contribution in [-0.2, 0) is 10.2 Å². The van der Waals surface area contributed by atoms with E-state index in [9.17, 15) is 8.42 Å². The molecule has 2 N–H and O–H groups in total. The van der Waals surface area contributed by atoms with Gasteiger partial charge in [0.15, 0.2) is 0 Å². The van der Waals surface area contributed by atoms with Crippen LogP contribution in [0.2, 0.25) is 0 Å². The van der Waals surface area contributed by atoms with Crippen LogP contribution in [0, 0.1) is 11.8 Å². The van der Waals surface area contributed by atoms with E-state index in [1.54, 1.807) is 4.31 Å². The van der Waals surface area contributed by atoms with Crippen molar-refractivity contribution in [1.29, 1.82) is 0 Å². The molecule has 0 aromatic rings. The van der Waals surface area contributed by atoms with Gasteiger partial charge in [-0.05, 0) is 51.0 Å². The number of piperidine rings is 2. The molecular weight excluding hydrogens is 262 g/mol. The lowest BCUT2D eigenvalue weighted by molar-refractivity contribution is 0.274. The summed E-state index contributed by atoms with van der Waals surface area (Å²) in [4.78, 5) is 0. The van der Waals surface area contributed by atoms with Gasteiger partial charge in [-0.3, -0.25) is 0 Å². The minimum Gasteiger partial charge on any atom is -0.314 e. The molecule has 112 valence electrons. The molecule has 2 aliphatic rings. The van der Waals surface area contributed by atoms with E-state index < -0.39 is 10.2 Å². The van der Waals surface area contributed by atoms with Gasteiger partial charge in [0.2, 0.25) is 0 Å². The highest BCUT2D eigenvalue weighted by atomic mass is 32.2. The summed E-state index contributed by atoms with van der Waals surface area (Å²) in [6.45, 7) is 7.10. The van der Waals surface area contributed by atoms with Crippen LogP contribution >= 0.6 is 0 Å². The van der Waals surface area contributed by atoms with Gasteiger partial charge in [-0.1, -0.05) is 6.92 Å². The Bertz CT molecular complexity index is 377. The van der Waals surface area contributed by atoms with Crippen LogP contribution in [0.4, 0.5) is 0 Å². The second kappa shape index (κ2) is 6.52. The van der Waals surface area contributed by atoms with Crippen molar-refractivity contribution < 1.29 is 8.42 Å². The molecule has 0 spiro atoms. The Hall–Kier alpha value is -0.170. The standard InChI is InChI=1S/C13H27N3O2S/c1-11-4-3-7-16(10-11)19(17,18)15-9-13-6-5-12(2)14-8-13/h11-15H,3-10H2,1-2H3. The third-order valence-corrected chi connectivity index (χ3v) is 5.82. The molecule has 2 heterocycles. The molecule has 2 rings (SSSR count). The molecule has 2 fully saturated rings. The molecule has 6 heteroatoms. The fourth-order valence-corrected chi connectivity index (χ4v) is 4.36. The minimum absolute atomic E-state index is 0.424. The number of nitrogens with one attached hydrogen (secondary N) is 2. The fourth-order valence-electron chi connectivity index (χ4n) is 2.91. The van der Waals surface area contributed by atoms with E-state index in [2.05, 4.69) is 23.9 Å². The molecule has 3 atom stereocenters. The normalized spacial score (nSPS) is 34.3. The average Bonchev–Trinajstić information content (AvgIpc) is 2.38. The quantitative estimate of drug-likeness (QED) is 0.810. The Morgan fingerprint density at radius 2 is 2.05 bits per heavy atom. The maximum absolute atomic E-state index is 12.2. The highest BCUT2D eigenvalue weighted by molar-refractivity contribution is 7.87. The summed E-state index contributed by atoms with van der Waals surface area (Å²) < 4.78 is 28.9. The zero-order chi connectivity index (χ0) is 13.9. The zero-order valence-electron chi connectivity index (χ0n) is 12.1. The average molecular weight is 289 g/mol. The topological polar surface area (TPSA) is 61.4 Å². The van der Waals surface area contributed by atoms with E-state index >= 15 is 0 Å². The van der Waals surface area contributed by atoms with Gasteiger partial charge < -0.3 is 5.32 Å². The molecule has 0 aromatic carbocycles. The first-order chi connectivity index (χ1) is 8.97. The van der Waals surface area contributed by atoms with Gasteiger partial charge in [-0.15, -0.1) is 0 Å². The number of hydrogen-bond acceptors (Lipinski definition) is 3. The Kier molecular flexibility index (Phi) is 5.22. The lowest BCUT2D eigenvalue weighted by atomic mass is 9.96. The van der Waals surface area contributed by atoms with Crippen molar-refractivity contribution in [2.75, 3.05) is 26.2 Å². The van der Waals surface area contributed by atoms with Gasteiger partial charge in [-0.25, -0.2) is 4.72 Å². The van der Waals surface area contributed by atoms with Crippen LogP contribution in [0.5, 0.6) is 0 Å². The van der Waals surface area contributed by atoms with Crippen LogP contribution in [-0.4, -0.2) is 44.9 Å². The lowest BCUT2D eigenvalue weighted by Gasteiger charge is -2.32. The summed E-state index contributed by atoms with van der Waals surface area (Å²) in [5.41, 5.74) is 0. The van der Waals surface area contributed by atoms with Gasteiger partial charge in [0.05, 0.1) is 0 Å². The second-order valence-electron chi connectivity index (χ2n) is 6.21. The van der Waals surface area contributed by atoms with E-state index in [1.165, 1.54) is 0 Å². The largest absolute Gasteiger partial charge is 0.314 e. The summed E-state index contributed by atoms with van der Waals surface area (Å²) in [7, 11) is -3.27. The third kappa shape index (κ3) is 4.41. The van der Waals surface area contributed by atoms with Crippen molar-refractivity contribution in [2.24, 2.45) is 11.8 Å². The molecule has 3 unspecified atom stereocenters. The molecule has 2 saturated heterocycles. The van der Waals surface area contributed by atoms with Gasteiger partial charge in [-0.2, -0.15) is 12.7 Å². The molecule has 0 saturated carbocycles. The van der Waals surface area contributed by atoms with E-state index in [1.807, 2.05) is 0 Å². The van der Waals surface area contributed by atoms with E-state index in [-0.39, 0.29) is 0 Å². The van der Waals surface area contributed by atoms with Crippen LogP contribution in [0.15, 0.2) is 0 Å². The van der Waals surface area contributed by atoms with Crippen LogP contribution in [0.1, 0.15) is 39.5 Å². The van der Waals surface area contributed by atoms with Gasteiger partial charge in [0.25, 0.3) is 10.2 Å². The van der Waals surface area contributed by atoms with E-state index in [4.69, 9.17) is 0 Å². The molecule has 0 aromatic heterocycles. The Labute approximate surface area is 117 Å². The summed E-state index contributed by atoms with van der Waals surface area (Å²) in [5.74, 6) is 0.899. The van der Waals surface area contributed by atoms with Crippen LogP contribution < -0.4 is 10.0 Å². The van der Waals surface area contributed by atoms with E-state index in [0.717, 1.165) is 32.2 Å². The first kappa shape index (κ1) is 15.2. The molecule has 0 bridgehead atoms. The number of nitrogens with zero attached hydrogens (tertiary/aromatic N) is 1. The molecule has 5 nitrogen and oxygen atoms in total. The maximum atomic E-state index is 12.2. The predicted molar refractivity (Wildman–Crippen MR) is 77.1 cm³/mol. The summed E-state index contributed by atoms with van der Waals surface area (Å²) in [6.07, 6.45) is 4.35. The first-order valence-electron chi connectivity index (χ1n) is 7.45. The summed E-state index contributed by atoms with van der Waals surface area (Å²) in [5, 5.41) is 3.41. The monoisotopic (exact) mass is 289 g/mol. The zero-order valence-corrected chi connectivity index (χ0v) is 12.9. The summed E-state index contributed by atoms with van der Waals surface area (Å²) in [6, 6.07) is 0.566. The van der Waals surface area contributed by atoms with Gasteiger partial charge in [0, 0.05) is 25.7 Å². The van der Waals surface area contributed by atoms with Gasteiger partial charge >= 0.3 is 0 Å². The molecule has 2 aliphatic heterocycles. The Morgan fingerprint density at radius 3 is 2.68 bits per heavy atom. The SMILES string of the molecule is CC1CCCN(S(=O)(=O)NCC2CCC(C)NC2)C1. The minimum atomic E-state index is -3.27. The molecule has 0 aliphatic carbocycles. The molecular formula is C13H27N3O2S. The highest BCUT2D eigenvalue weighted by Crippen LogP contribution is 2.18. The predicted octanol–water partition coefficient (Wildman–Crippen LogP) is 0.941. The van der Waals surface area contributed by atoms with Gasteiger partial charge in [0.1, 0.15) is 0 Å². The number of rotatable bonds is 4. The van der Waals surface area contributed by atoms with Crippen LogP contribution in [0.3, 0.4) is 0 Å². The number of hydrogen-bond donors (Lipinski definition) is 2. The van der Waals surface area contributed by atoms with Crippen molar-refractivity contribution in [3.05, 3.63) is 0 Å². The molecule has 19 heavy (non-hydrogen) atoms. The Balaban J connectivity index is 1.80. The lowest BCUT2D eigenvalue weighted by Crippen LogP contribution is -2.48. The summed E-state index contributed by atoms with van der Waals surface area (Å²) >= 11 is 0. The van der Waals surface area contributed by atoms with Crippen molar-refractivity contribution in [1.82, 2.24) is 14.3 Å². The fraction of sp³-hybridized carbons (Fsp3) is 1.00. The van der Waals surface area contributed by atoms with Crippen LogP contribution in [0.25, 0.3) is 0 Å². The Morgan fingerprint density at radius 1 is 1.26 bits per heavy atom.